The van der Waals surface area contributed by atoms with E-state index < -0.39 is 5.60 Å². The van der Waals surface area contributed by atoms with Crippen LogP contribution in [-0.4, -0.2) is 59.7 Å². The highest BCUT2D eigenvalue weighted by molar-refractivity contribution is 5.72. The summed E-state index contributed by atoms with van der Waals surface area (Å²) >= 11 is 0. The molecule has 0 aliphatic carbocycles. The molecule has 1 aliphatic rings. The molecular formula is C19H28N2O4. The van der Waals surface area contributed by atoms with Crippen LogP contribution in [0.25, 0.3) is 0 Å². The monoisotopic (exact) mass is 348 g/mol. The van der Waals surface area contributed by atoms with E-state index in [0.717, 1.165) is 5.56 Å². The van der Waals surface area contributed by atoms with Crippen molar-refractivity contribution in [3.05, 3.63) is 35.9 Å². The standard InChI is InChI=1S/C19H28N2O4/c1-15-12-21(18(23)24-14-16-8-6-5-7-9-16)11-10-20(15)13-17(22)25-19(2,3)4/h5-9,15H,10-14H2,1-4H3/t15-/m1/s1. The van der Waals surface area contributed by atoms with Gasteiger partial charge in [-0.2, -0.15) is 0 Å². The van der Waals surface area contributed by atoms with Crippen molar-refractivity contribution in [3.8, 4) is 0 Å². The fourth-order valence-electron chi connectivity index (χ4n) is 2.75. The smallest absolute Gasteiger partial charge is 0.410 e. The van der Waals surface area contributed by atoms with Gasteiger partial charge in [-0.3, -0.25) is 9.69 Å². The Morgan fingerprint density at radius 2 is 1.84 bits per heavy atom. The van der Waals surface area contributed by atoms with Crippen molar-refractivity contribution in [2.24, 2.45) is 0 Å². The van der Waals surface area contributed by atoms with Crippen molar-refractivity contribution in [2.45, 2.75) is 45.9 Å². The van der Waals surface area contributed by atoms with Gasteiger partial charge in [0.1, 0.15) is 12.2 Å². The Morgan fingerprint density at radius 3 is 2.44 bits per heavy atom. The molecule has 0 spiro atoms. The van der Waals surface area contributed by atoms with Gasteiger partial charge in [0.15, 0.2) is 0 Å². The maximum absolute atomic E-state index is 12.2. The Morgan fingerprint density at radius 1 is 1.16 bits per heavy atom. The first-order valence-corrected chi connectivity index (χ1v) is 8.66. The number of piperazine rings is 1. The molecule has 0 unspecified atom stereocenters. The lowest BCUT2D eigenvalue weighted by atomic mass is 10.2. The minimum Gasteiger partial charge on any atom is -0.459 e. The van der Waals surface area contributed by atoms with Gasteiger partial charge in [0.2, 0.25) is 0 Å². The van der Waals surface area contributed by atoms with Gasteiger partial charge in [-0.05, 0) is 33.3 Å². The minimum atomic E-state index is -0.483. The van der Waals surface area contributed by atoms with Crippen LogP contribution in [0.2, 0.25) is 0 Å². The lowest BCUT2D eigenvalue weighted by Crippen LogP contribution is -2.55. The predicted octanol–water partition coefficient (Wildman–Crippen LogP) is 2.67. The Bertz CT molecular complexity index is 583. The summed E-state index contributed by atoms with van der Waals surface area (Å²) in [4.78, 5) is 27.9. The first-order chi connectivity index (χ1) is 11.7. The number of rotatable bonds is 4. The predicted molar refractivity (Wildman–Crippen MR) is 95.1 cm³/mol. The van der Waals surface area contributed by atoms with Gasteiger partial charge in [0, 0.05) is 25.7 Å². The van der Waals surface area contributed by atoms with E-state index in [-0.39, 0.29) is 31.3 Å². The summed E-state index contributed by atoms with van der Waals surface area (Å²) in [5, 5.41) is 0. The highest BCUT2D eigenvalue weighted by Gasteiger charge is 2.30. The molecule has 1 saturated heterocycles. The Balaban J connectivity index is 1.78. The highest BCUT2D eigenvalue weighted by atomic mass is 16.6. The fourth-order valence-corrected chi connectivity index (χ4v) is 2.75. The van der Waals surface area contributed by atoms with Crippen LogP contribution in [0.3, 0.4) is 0 Å². The first-order valence-electron chi connectivity index (χ1n) is 8.66. The lowest BCUT2D eigenvalue weighted by molar-refractivity contribution is -0.157. The van der Waals surface area contributed by atoms with Crippen LogP contribution in [0, 0.1) is 0 Å². The summed E-state index contributed by atoms with van der Waals surface area (Å²) < 4.78 is 10.7. The fraction of sp³-hybridized carbons (Fsp3) is 0.579. The number of hydrogen-bond donors (Lipinski definition) is 0. The SMILES string of the molecule is C[C@@H]1CN(C(=O)OCc2ccccc2)CCN1CC(=O)OC(C)(C)C. The first kappa shape index (κ1) is 19.2. The molecule has 0 bridgehead atoms. The number of amides is 1. The summed E-state index contributed by atoms with van der Waals surface area (Å²) in [6.07, 6.45) is -0.312. The highest BCUT2D eigenvalue weighted by Crippen LogP contribution is 2.13. The summed E-state index contributed by atoms with van der Waals surface area (Å²) in [5.74, 6) is -0.237. The third kappa shape index (κ3) is 6.38. The molecule has 1 heterocycles. The van der Waals surface area contributed by atoms with Gasteiger partial charge in [0.05, 0.1) is 6.54 Å². The third-order valence-corrected chi connectivity index (χ3v) is 3.98. The number of benzene rings is 1. The van der Waals surface area contributed by atoms with E-state index in [1.165, 1.54) is 0 Å². The van der Waals surface area contributed by atoms with E-state index in [1.54, 1.807) is 4.90 Å². The van der Waals surface area contributed by atoms with E-state index in [9.17, 15) is 9.59 Å². The second-order valence-electron chi connectivity index (χ2n) is 7.39. The van der Waals surface area contributed by atoms with Gasteiger partial charge >= 0.3 is 12.1 Å². The summed E-state index contributed by atoms with van der Waals surface area (Å²) in [5.41, 5.74) is 0.482. The maximum Gasteiger partial charge on any atom is 0.410 e. The molecular weight excluding hydrogens is 320 g/mol. The van der Waals surface area contributed by atoms with Crippen molar-refractivity contribution in [1.82, 2.24) is 9.80 Å². The molecule has 6 heteroatoms. The van der Waals surface area contributed by atoms with Crippen LogP contribution in [-0.2, 0) is 20.9 Å². The molecule has 2 rings (SSSR count). The quantitative estimate of drug-likeness (QED) is 0.783. The maximum atomic E-state index is 12.2. The lowest BCUT2D eigenvalue weighted by Gasteiger charge is -2.39. The van der Waals surface area contributed by atoms with Crippen LogP contribution < -0.4 is 0 Å². The van der Waals surface area contributed by atoms with Gasteiger partial charge in [0.25, 0.3) is 0 Å². The van der Waals surface area contributed by atoms with E-state index in [0.29, 0.717) is 19.6 Å². The average Bonchev–Trinajstić information content (AvgIpc) is 2.53. The number of nitrogens with zero attached hydrogens (tertiary/aromatic N) is 2. The Kier molecular flexibility index (Phi) is 6.42. The zero-order chi connectivity index (χ0) is 18.4. The topological polar surface area (TPSA) is 59.1 Å². The van der Waals surface area contributed by atoms with E-state index in [4.69, 9.17) is 9.47 Å². The van der Waals surface area contributed by atoms with Crippen LogP contribution in [0.4, 0.5) is 4.79 Å². The number of carbonyl (C=O) groups is 2. The molecule has 0 aromatic heterocycles. The van der Waals surface area contributed by atoms with E-state index in [2.05, 4.69) is 0 Å². The molecule has 0 N–H and O–H groups in total. The molecule has 6 nitrogen and oxygen atoms in total. The largest absolute Gasteiger partial charge is 0.459 e. The van der Waals surface area contributed by atoms with Crippen molar-refractivity contribution in [2.75, 3.05) is 26.2 Å². The molecule has 0 saturated carbocycles. The van der Waals surface area contributed by atoms with E-state index >= 15 is 0 Å². The van der Waals surface area contributed by atoms with Gasteiger partial charge in [-0.25, -0.2) is 4.79 Å². The van der Waals surface area contributed by atoms with Gasteiger partial charge < -0.3 is 14.4 Å². The zero-order valence-corrected chi connectivity index (χ0v) is 15.5. The third-order valence-electron chi connectivity index (χ3n) is 3.98. The van der Waals surface area contributed by atoms with Crippen molar-refractivity contribution >= 4 is 12.1 Å². The van der Waals surface area contributed by atoms with Crippen molar-refractivity contribution in [1.29, 1.82) is 0 Å². The van der Waals surface area contributed by atoms with Crippen LogP contribution in [0.1, 0.15) is 33.3 Å². The van der Waals surface area contributed by atoms with Crippen LogP contribution in [0.5, 0.6) is 0 Å². The molecule has 1 amide bonds. The minimum absolute atomic E-state index is 0.0746. The summed E-state index contributed by atoms with van der Waals surface area (Å²) in [7, 11) is 0. The molecule has 0 radical (unpaired) electrons. The number of ether oxygens (including phenoxy) is 2. The average molecular weight is 348 g/mol. The molecule has 1 aromatic carbocycles. The Hall–Kier alpha value is -2.08. The van der Waals surface area contributed by atoms with Crippen molar-refractivity contribution in [3.63, 3.8) is 0 Å². The molecule has 1 aromatic rings. The van der Waals surface area contributed by atoms with Crippen LogP contribution >= 0.6 is 0 Å². The van der Waals surface area contributed by atoms with Gasteiger partial charge in [-0.15, -0.1) is 0 Å². The molecule has 1 atom stereocenters. The van der Waals surface area contributed by atoms with Gasteiger partial charge in [-0.1, -0.05) is 30.3 Å². The zero-order valence-electron chi connectivity index (χ0n) is 15.5. The molecule has 1 aliphatic heterocycles. The summed E-state index contributed by atoms with van der Waals surface area (Å²) in [6, 6.07) is 9.69. The molecule has 25 heavy (non-hydrogen) atoms. The number of esters is 1. The number of hydrogen-bond acceptors (Lipinski definition) is 5. The number of carbonyl (C=O) groups excluding carboxylic acids is 2. The van der Waals surface area contributed by atoms with Crippen molar-refractivity contribution < 1.29 is 19.1 Å². The van der Waals surface area contributed by atoms with Crippen LogP contribution in [0.15, 0.2) is 30.3 Å². The normalized spacial score (nSPS) is 18.7. The molecule has 1 fully saturated rings. The second kappa shape index (κ2) is 8.34. The Labute approximate surface area is 149 Å². The second-order valence-corrected chi connectivity index (χ2v) is 7.39. The van der Waals surface area contributed by atoms with E-state index in [1.807, 2.05) is 62.9 Å². The molecule has 138 valence electrons. The summed E-state index contributed by atoms with van der Waals surface area (Å²) in [6.45, 7) is 9.79.